The second-order valence-electron chi connectivity index (χ2n) is 8.02. The number of carbonyl (C=O) groups is 1. The molecule has 12 heteroatoms. The molecule has 0 saturated heterocycles. The molecule has 5 rings (SSSR count). The van der Waals surface area contributed by atoms with Crippen LogP contribution in [0, 0.1) is 0 Å². The van der Waals surface area contributed by atoms with Crippen LogP contribution < -0.4 is 5.32 Å². The van der Waals surface area contributed by atoms with Gasteiger partial charge in [0.05, 0.1) is 22.7 Å². The van der Waals surface area contributed by atoms with E-state index >= 15 is 0 Å². The van der Waals surface area contributed by atoms with E-state index in [-0.39, 0.29) is 30.2 Å². The second-order valence-corrected chi connectivity index (χ2v) is 8.02. The molecule has 1 aromatic carbocycles. The van der Waals surface area contributed by atoms with Crippen LogP contribution in [0.25, 0.3) is 0 Å². The predicted octanol–water partition coefficient (Wildman–Crippen LogP) is 5.27. The lowest BCUT2D eigenvalue weighted by molar-refractivity contribution is -0.137. The molecule has 1 N–H and O–H groups in total. The fraction of sp³-hybridized carbons (Fsp3) is 0.217. The first-order chi connectivity index (χ1) is 16.8. The molecule has 0 bridgehead atoms. The maximum Gasteiger partial charge on any atom is 0.416 e. The SMILES string of the molecule is C[C@@H](CC(=O)c1cc(Nc2ccon2)ncn1)c1cc(C2=Nc3ccc(C(F)(F)F)cc3C2)on1. The van der Waals surface area contributed by atoms with Crippen molar-refractivity contribution in [2.45, 2.75) is 31.9 Å². The van der Waals surface area contributed by atoms with Crippen LogP contribution in [0.1, 0.15) is 52.3 Å². The summed E-state index contributed by atoms with van der Waals surface area (Å²) in [6.45, 7) is 1.82. The number of aliphatic imine (C=N–C) groups is 1. The normalized spacial score (nSPS) is 13.9. The van der Waals surface area contributed by atoms with Gasteiger partial charge in [-0.15, -0.1) is 0 Å². The van der Waals surface area contributed by atoms with Crippen molar-refractivity contribution < 1.29 is 27.0 Å². The monoisotopic (exact) mass is 482 g/mol. The quantitative estimate of drug-likeness (QED) is 0.354. The zero-order chi connectivity index (χ0) is 24.6. The van der Waals surface area contributed by atoms with Gasteiger partial charge >= 0.3 is 6.18 Å². The number of halogens is 3. The Kier molecular flexibility index (Phi) is 5.63. The second kappa shape index (κ2) is 8.78. The van der Waals surface area contributed by atoms with Crippen molar-refractivity contribution in [2.24, 2.45) is 4.99 Å². The Hall–Kier alpha value is -4.35. The van der Waals surface area contributed by atoms with E-state index in [1.807, 2.05) is 6.92 Å². The summed E-state index contributed by atoms with van der Waals surface area (Å²) in [5.74, 6) is 0.657. The molecule has 0 aliphatic carbocycles. The van der Waals surface area contributed by atoms with E-state index in [2.05, 4.69) is 30.6 Å². The molecule has 0 saturated carbocycles. The number of aromatic nitrogens is 4. The number of anilines is 2. The number of hydrogen-bond acceptors (Lipinski definition) is 9. The number of benzene rings is 1. The van der Waals surface area contributed by atoms with Crippen LogP contribution in [0.5, 0.6) is 0 Å². The molecule has 9 nitrogen and oxygen atoms in total. The van der Waals surface area contributed by atoms with Crippen LogP contribution in [-0.2, 0) is 12.6 Å². The van der Waals surface area contributed by atoms with Crippen molar-refractivity contribution in [3.8, 4) is 0 Å². The highest BCUT2D eigenvalue weighted by molar-refractivity contribution is 6.04. The van der Waals surface area contributed by atoms with Crippen LogP contribution in [0.2, 0.25) is 0 Å². The molecule has 4 aromatic rings. The summed E-state index contributed by atoms with van der Waals surface area (Å²) in [6, 6.07) is 8.22. The molecule has 178 valence electrons. The minimum atomic E-state index is -4.42. The van der Waals surface area contributed by atoms with Crippen LogP contribution >= 0.6 is 0 Å². The third kappa shape index (κ3) is 4.81. The van der Waals surface area contributed by atoms with E-state index in [0.29, 0.717) is 40.1 Å². The van der Waals surface area contributed by atoms with Gasteiger partial charge < -0.3 is 14.4 Å². The van der Waals surface area contributed by atoms with E-state index in [9.17, 15) is 18.0 Å². The molecule has 3 aromatic heterocycles. The van der Waals surface area contributed by atoms with E-state index in [0.717, 1.165) is 12.1 Å². The Balaban J connectivity index is 1.25. The summed E-state index contributed by atoms with van der Waals surface area (Å²) < 4.78 is 49.1. The molecule has 0 spiro atoms. The van der Waals surface area contributed by atoms with Crippen molar-refractivity contribution in [1.82, 2.24) is 20.3 Å². The van der Waals surface area contributed by atoms with E-state index < -0.39 is 11.7 Å². The van der Waals surface area contributed by atoms with E-state index in [1.165, 1.54) is 24.7 Å². The smallest absolute Gasteiger partial charge is 0.363 e. The standard InChI is InChI=1S/C23H17F3N6O3/c1-12(6-19(33)17-10-22(28-11-27-17)30-21-4-5-34-32-21)16-9-20(35-31-16)18-8-13-7-14(23(24,25)26)2-3-15(13)29-18/h2-5,7,9-12H,6,8H2,1H3,(H,27,28,30,32)/t12-/m0/s1. The molecular weight excluding hydrogens is 465 g/mol. The lowest BCUT2D eigenvalue weighted by Crippen LogP contribution is -2.08. The fourth-order valence-electron chi connectivity index (χ4n) is 3.65. The van der Waals surface area contributed by atoms with Crippen LogP contribution in [0.3, 0.4) is 0 Å². The number of rotatable bonds is 7. The molecule has 0 amide bonds. The Morgan fingerprint density at radius 2 is 1.97 bits per heavy atom. The van der Waals surface area contributed by atoms with Gasteiger partial charge in [0.25, 0.3) is 0 Å². The van der Waals surface area contributed by atoms with Crippen LogP contribution in [0.15, 0.2) is 63.0 Å². The molecule has 1 aliphatic rings. The largest absolute Gasteiger partial charge is 0.416 e. The third-order valence-electron chi connectivity index (χ3n) is 5.48. The highest BCUT2D eigenvalue weighted by Crippen LogP contribution is 2.36. The van der Waals surface area contributed by atoms with E-state index in [1.54, 1.807) is 12.1 Å². The Morgan fingerprint density at radius 1 is 1.11 bits per heavy atom. The number of nitrogens with one attached hydrogen (secondary N) is 1. The number of ketones is 1. The number of nitrogens with zero attached hydrogens (tertiary/aromatic N) is 5. The van der Waals surface area contributed by atoms with Crippen molar-refractivity contribution >= 4 is 28.8 Å². The van der Waals surface area contributed by atoms with Gasteiger partial charge in [-0.05, 0) is 23.8 Å². The molecule has 35 heavy (non-hydrogen) atoms. The topological polar surface area (TPSA) is 119 Å². The minimum absolute atomic E-state index is 0.105. The van der Waals surface area contributed by atoms with Crippen LogP contribution in [-0.4, -0.2) is 31.8 Å². The molecule has 1 aliphatic heterocycles. The zero-order valence-corrected chi connectivity index (χ0v) is 18.2. The van der Waals surface area contributed by atoms with Crippen LogP contribution in [0.4, 0.5) is 30.5 Å². The number of fused-ring (bicyclic) bond motifs is 1. The van der Waals surface area contributed by atoms with Gasteiger partial charge in [0, 0.05) is 37.0 Å². The first-order valence-corrected chi connectivity index (χ1v) is 10.5. The van der Waals surface area contributed by atoms with Gasteiger partial charge in [-0.1, -0.05) is 17.2 Å². The van der Waals surface area contributed by atoms with Crippen molar-refractivity contribution in [3.63, 3.8) is 0 Å². The predicted molar refractivity (Wildman–Crippen MR) is 117 cm³/mol. The summed E-state index contributed by atoms with van der Waals surface area (Å²) in [4.78, 5) is 25.3. The lowest BCUT2D eigenvalue weighted by Gasteiger charge is -2.07. The molecule has 0 fully saturated rings. The number of Topliss-reactive ketones (excluding diaryl/α,β-unsaturated/α-hetero) is 1. The van der Waals surface area contributed by atoms with Gasteiger partial charge in [-0.25, -0.2) is 15.0 Å². The van der Waals surface area contributed by atoms with E-state index in [4.69, 9.17) is 9.05 Å². The summed E-state index contributed by atoms with van der Waals surface area (Å²) in [5, 5.41) is 10.7. The summed E-state index contributed by atoms with van der Waals surface area (Å²) in [5.41, 5.74) is 1.44. The fourth-order valence-corrected chi connectivity index (χ4v) is 3.65. The number of hydrogen-bond donors (Lipinski definition) is 1. The van der Waals surface area contributed by atoms with Crippen molar-refractivity contribution in [1.29, 1.82) is 0 Å². The zero-order valence-electron chi connectivity index (χ0n) is 18.2. The molecule has 1 atom stereocenters. The highest BCUT2D eigenvalue weighted by Gasteiger charge is 2.32. The summed E-state index contributed by atoms with van der Waals surface area (Å²) in [7, 11) is 0. The molecule has 0 radical (unpaired) electrons. The molecular formula is C23H17F3N6O3. The van der Waals surface area contributed by atoms with Gasteiger partial charge in [-0.2, -0.15) is 13.2 Å². The average Bonchev–Trinajstić information content (AvgIpc) is 3.58. The van der Waals surface area contributed by atoms with Crippen molar-refractivity contribution in [2.75, 3.05) is 5.32 Å². The summed E-state index contributed by atoms with van der Waals surface area (Å²) >= 11 is 0. The first kappa shape index (κ1) is 22.4. The number of carbonyl (C=O) groups excluding carboxylic acids is 1. The van der Waals surface area contributed by atoms with Crippen molar-refractivity contribution in [3.05, 3.63) is 77.3 Å². The maximum atomic E-state index is 13.0. The van der Waals surface area contributed by atoms with Gasteiger partial charge in [0.1, 0.15) is 24.1 Å². The molecule has 0 unspecified atom stereocenters. The number of alkyl halides is 3. The maximum absolute atomic E-state index is 13.0. The Morgan fingerprint density at radius 3 is 2.74 bits per heavy atom. The minimum Gasteiger partial charge on any atom is -0.363 e. The first-order valence-electron chi connectivity index (χ1n) is 10.5. The highest BCUT2D eigenvalue weighted by atomic mass is 19.4. The molecule has 4 heterocycles. The Labute approximate surface area is 196 Å². The summed E-state index contributed by atoms with van der Waals surface area (Å²) in [6.07, 6.45) is -1.44. The Bertz CT molecular complexity index is 1410. The van der Waals surface area contributed by atoms with Gasteiger partial charge in [0.2, 0.25) is 0 Å². The van der Waals surface area contributed by atoms with Gasteiger partial charge in [0.15, 0.2) is 17.4 Å². The van der Waals surface area contributed by atoms with Gasteiger partial charge in [-0.3, -0.25) is 4.79 Å². The average molecular weight is 482 g/mol. The lowest BCUT2D eigenvalue weighted by atomic mass is 9.98. The third-order valence-corrected chi connectivity index (χ3v) is 5.48.